The van der Waals surface area contributed by atoms with Crippen molar-refractivity contribution in [3.05, 3.63) is 35.4 Å². The molecule has 3 fully saturated rings. The molecule has 0 aromatic heterocycles. The minimum absolute atomic E-state index is 0.00148. The van der Waals surface area contributed by atoms with Crippen molar-refractivity contribution in [2.75, 3.05) is 20.3 Å². The van der Waals surface area contributed by atoms with Gasteiger partial charge in [0, 0.05) is 26.2 Å². The van der Waals surface area contributed by atoms with Gasteiger partial charge in [0.25, 0.3) is 0 Å². The van der Waals surface area contributed by atoms with Crippen LogP contribution >= 0.6 is 0 Å². The molecule has 1 aliphatic heterocycles. The van der Waals surface area contributed by atoms with Crippen LogP contribution in [0.5, 0.6) is 0 Å². The second kappa shape index (κ2) is 7.06. The number of amides is 1. The molecule has 0 unspecified atom stereocenters. The molecule has 1 N–H and O–H groups in total. The molecule has 1 aromatic rings. The van der Waals surface area contributed by atoms with E-state index in [-0.39, 0.29) is 34.3 Å². The predicted molar refractivity (Wildman–Crippen MR) is 101 cm³/mol. The number of fused-ring (bicyclic) bond motifs is 1. The normalized spacial score (nSPS) is 35.6. The maximum Gasteiger partial charge on any atom is 0.222 e. The molecule has 1 heterocycles. The van der Waals surface area contributed by atoms with E-state index in [4.69, 9.17) is 9.47 Å². The summed E-state index contributed by atoms with van der Waals surface area (Å²) in [5.74, 6) is -0.738. The van der Waals surface area contributed by atoms with Crippen LogP contribution in [-0.4, -0.2) is 32.3 Å². The largest absolute Gasteiger partial charge is 0.384 e. The van der Waals surface area contributed by atoms with E-state index in [0.29, 0.717) is 25.6 Å². The first kappa shape index (κ1) is 19.8. The maximum absolute atomic E-state index is 14.5. The Hall–Kier alpha value is -1.53. The summed E-state index contributed by atoms with van der Waals surface area (Å²) in [5.41, 5.74) is -0.204. The van der Waals surface area contributed by atoms with Gasteiger partial charge in [-0.05, 0) is 54.1 Å². The van der Waals surface area contributed by atoms with E-state index in [1.165, 1.54) is 18.2 Å². The zero-order chi connectivity index (χ0) is 20.1. The van der Waals surface area contributed by atoms with Crippen molar-refractivity contribution in [1.29, 1.82) is 0 Å². The van der Waals surface area contributed by atoms with Gasteiger partial charge in [-0.15, -0.1) is 0 Å². The Morgan fingerprint density at radius 1 is 1.32 bits per heavy atom. The minimum atomic E-state index is -0.602. The van der Waals surface area contributed by atoms with E-state index in [1.54, 1.807) is 7.11 Å². The number of halogens is 2. The number of ether oxygens (including phenoxy) is 2. The minimum Gasteiger partial charge on any atom is -0.384 e. The third-order valence-corrected chi connectivity index (χ3v) is 7.63. The fourth-order valence-corrected chi connectivity index (χ4v) is 6.28. The molecular formula is C22H29F2NO3. The van der Waals surface area contributed by atoms with E-state index in [9.17, 15) is 13.6 Å². The maximum atomic E-state index is 14.5. The Morgan fingerprint density at radius 2 is 2.04 bits per heavy atom. The number of benzene rings is 1. The lowest BCUT2D eigenvalue weighted by Crippen LogP contribution is -2.59. The summed E-state index contributed by atoms with van der Waals surface area (Å²) in [5, 5.41) is 3.26. The number of rotatable bonds is 5. The number of methoxy groups -OCH3 is 1. The van der Waals surface area contributed by atoms with E-state index in [1.807, 2.05) is 0 Å². The van der Waals surface area contributed by atoms with Crippen molar-refractivity contribution in [2.24, 2.45) is 22.7 Å². The SMILES string of the molecule is COCCC(=O)N[C@@H]1C(C)(C)[C@@H]2C[C@@H]3[C@@H](c4c(F)cccc4F)OCC[C@@]31C2. The quantitative estimate of drug-likeness (QED) is 0.823. The highest BCUT2D eigenvalue weighted by Gasteiger charge is 2.68. The van der Waals surface area contributed by atoms with Crippen LogP contribution in [0.25, 0.3) is 0 Å². The average molecular weight is 393 g/mol. The van der Waals surface area contributed by atoms with Crippen LogP contribution in [0.2, 0.25) is 0 Å². The van der Waals surface area contributed by atoms with Crippen LogP contribution in [-0.2, 0) is 14.3 Å². The number of nitrogens with one attached hydrogen (secondary N) is 1. The summed E-state index contributed by atoms with van der Waals surface area (Å²) in [6.45, 7) is 5.24. The Labute approximate surface area is 165 Å². The molecule has 154 valence electrons. The van der Waals surface area contributed by atoms with Crippen molar-refractivity contribution in [3.63, 3.8) is 0 Å². The summed E-state index contributed by atoms with van der Waals surface area (Å²) in [6, 6.07) is 3.94. The third kappa shape index (κ3) is 2.88. The molecule has 1 spiro atoms. The van der Waals surface area contributed by atoms with Crippen LogP contribution in [0.1, 0.15) is 51.2 Å². The van der Waals surface area contributed by atoms with Crippen LogP contribution < -0.4 is 5.32 Å². The zero-order valence-corrected chi connectivity index (χ0v) is 16.8. The van der Waals surface area contributed by atoms with Crippen LogP contribution in [0.3, 0.4) is 0 Å². The van der Waals surface area contributed by atoms with E-state index >= 15 is 0 Å². The molecule has 5 atom stereocenters. The summed E-state index contributed by atoms with van der Waals surface area (Å²) < 4.78 is 40.0. The second-order valence-corrected chi connectivity index (χ2v) is 9.22. The van der Waals surface area contributed by atoms with Gasteiger partial charge < -0.3 is 14.8 Å². The summed E-state index contributed by atoms with van der Waals surface area (Å²) in [6.07, 6.45) is 2.36. The van der Waals surface area contributed by atoms with E-state index < -0.39 is 17.7 Å². The first-order chi connectivity index (χ1) is 13.3. The van der Waals surface area contributed by atoms with Crippen molar-refractivity contribution in [1.82, 2.24) is 5.32 Å². The molecule has 6 heteroatoms. The molecule has 2 saturated carbocycles. The smallest absolute Gasteiger partial charge is 0.222 e. The Kier molecular flexibility index (Phi) is 4.99. The van der Waals surface area contributed by atoms with Gasteiger partial charge in [0.2, 0.25) is 5.91 Å². The van der Waals surface area contributed by atoms with Crippen molar-refractivity contribution >= 4 is 5.91 Å². The van der Waals surface area contributed by atoms with E-state index in [2.05, 4.69) is 19.2 Å². The summed E-state index contributed by atoms with van der Waals surface area (Å²) in [7, 11) is 1.58. The Balaban J connectivity index is 1.67. The standard InChI is InChI=1S/C22H29F2NO3/c1-21(2)13-11-14-19(18-15(23)5-4-6-16(18)24)28-10-8-22(14,12-13)20(21)25-17(26)7-9-27-3/h4-6,13-14,19-20H,7-12H2,1-3H3,(H,25,26)/t13-,14-,19+,20-,22-/m1/s1. The van der Waals surface area contributed by atoms with Crippen LogP contribution in [0.4, 0.5) is 8.78 Å². The molecular weight excluding hydrogens is 364 g/mol. The lowest BCUT2D eigenvalue weighted by Gasteiger charge is -2.53. The number of hydrogen-bond donors (Lipinski definition) is 1. The third-order valence-electron chi connectivity index (χ3n) is 7.63. The summed E-state index contributed by atoms with van der Waals surface area (Å²) >= 11 is 0. The Bertz CT molecular complexity index is 748. The fraction of sp³-hybridized carbons (Fsp3) is 0.682. The fourth-order valence-electron chi connectivity index (χ4n) is 6.28. The van der Waals surface area contributed by atoms with Gasteiger partial charge in [-0.3, -0.25) is 4.79 Å². The molecule has 1 amide bonds. The van der Waals surface area contributed by atoms with Gasteiger partial charge in [-0.2, -0.15) is 0 Å². The topological polar surface area (TPSA) is 47.6 Å². The van der Waals surface area contributed by atoms with Gasteiger partial charge in [0.1, 0.15) is 11.6 Å². The molecule has 4 rings (SSSR count). The highest BCUT2D eigenvalue weighted by molar-refractivity contribution is 5.76. The molecule has 1 saturated heterocycles. The number of carbonyl (C=O) groups is 1. The zero-order valence-electron chi connectivity index (χ0n) is 16.8. The van der Waals surface area contributed by atoms with Crippen LogP contribution in [0, 0.1) is 34.3 Å². The van der Waals surface area contributed by atoms with E-state index in [0.717, 1.165) is 19.3 Å². The molecule has 4 nitrogen and oxygen atoms in total. The molecule has 3 aliphatic rings. The lowest BCUT2D eigenvalue weighted by molar-refractivity contribution is -0.138. The van der Waals surface area contributed by atoms with Gasteiger partial charge in [-0.1, -0.05) is 19.9 Å². The number of carbonyl (C=O) groups excluding carboxylic acids is 1. The highest BCUT2D eigenvalue weighted by atomic mass is 19.1. The molecule has 1 aromatic carbocycles. The van der Waals surface area contributed by atoms with Gasteiger partial charge in [0.15, 0.2) is 0 Å². The van der Waals surface area contributed by atoms with Gasteiger partial charge in [-0.25, -0.2) is 8.78 Å². The monoisotopic (exact) mass is 393 g/mol. The van der Waals surface area contributed by atoms with Gasteiger partial charge in [0.05, 0.1) is 18.3 Å². The predicted octanol–water partition coefficient (Wildman–Crippen LogP) is 4.00. The van der Waals surface area contributed by atoms with Crippen molar-refractivity contribution < 1.29 is 23.0 Å². The van der Waals surface area contributed by atoms with Crippen molar-refractivity contribution in [2.45, 2.75) is 51.7 Å². The second-order valence-electron chi connectivity index (χ2n) is 9.22. The van der Waals surface area contributed by atoms with Crippen LogP contribution in [0.15, 0.2) is 18.2 Å². The van der Waals surface area contributed by atoms with Crippen molar-refractivity contribution in [3.8, 4) is 0 Å². The average Bonchev–Trinajstić information content (AvgIpc) is 3.13. The molecule has 0 radical (unpaired) electrons. The highest BCUT2D eigenvalue weighted by Crippen LogP contribution is 2.70. The lowest BCUT2D eigenvalue weighted by atomic mass is 9.58. The Morgan fingerprint density at radius 3 is 2.71 bits per heavy atom. The number of hydrogen-bond acceptors (Lipinski definition) is 3. The molecule has 2 bridgehead atoms. The van der Waals surface area contributed by atoms with Gasteiger partial charge >= 0.3 is 0 Å². The summed E-state index contributed by atoms with van der Waals surface area (Å²) in [4.78, 5) is 12.5. The molecule has 28 heavy (non-hydrogen) atoms. The first-order valence-electron chi connectivity index (χ1n) is 10.1. The molecule has 2 aliphatic carbocycles. The first-order valence-corrected chi connectivity index (χ1v) is 10.1.